The van der Waals surface area contributed by atoms with Crippen LogP contribution in [0, 0.1) is 6.92 Å². The van der Waals surface area contributed by atoms with Gasteiger partial charge in [0, 0.05) is 29.8 Å². The number of nitrogens with one attached hydrogen (secondary N) is 1. The van der Waals surface area contributed by atoms with Crippen molar-refractivity contribution in [2.75, 3.05) is 19.8 Å². The number of benzene rings is 1. The van der Waals surface area contributed by atoms with Gasteiger partial charge in [-0.2, -0.15) is 0 Å². The van der Waals surface area contributed by atoms with Gasteiger partial charge in [-0.15, -0.1) is 11.3 Å². The lowest BCUT2D eigenvalue weighted by Crippen LogP contribution is -2.22. The molecule has 0 saturated heterocycles. The number of ketones is 1. The third-order valence-corrected chi connectivity index (χ3v) is 5.39. The van der Waals surface area contributed by atoms with Crippen molar-refractivity contribution < 1.29 is 23.9 Å². The van der Waals surface area contributed by atoms with E-state index >= 15 is 0 Å². The van der Waals surface area contributed by atoms with Gasteiger partial charge in [-0.3, -0.25) is 14.4 Å². The molecular formula is C21H24ClNO5S. The largest absolute Gasteiger partial charge is 0.493 e. The summed E-state index contributed by atoms with van der Waals surface area (Å²) >= 11 is 7.24. The molecule has 0 radical (unpaired) electrons. The lowest BCUT2D eigenvalue weighted by molar-refractivity contribution is -0.142. The maximum atomic E-state index is 12.2. The lowest BCUT2D eigenvalue weighted by atomic mass is 10.2. The first kappa shape index (κ1) is 22.9. The molecule has 8 heteroatoms. The van der Waals surface area contributed by atoms with Crippen LogP contribution in [0.3, 0.4) is 0 Å². The summed E-state index contributed by atoms with van der Waals surface area (Å²) in [5, 5.41) is 3.36. The highest BCUT2D eigenvalue weighted by atomic mass is 35.5. The number of amides is 1. The summed E-state index contributed by atoms with van der Waals surface area (Å²) in [4.78, 5) is 36.4. The molecule has 6 nitrogen and oxygen atoms in total. The number of ether oxygens (including phenoxy) is 2. The molecule has 1 aromatic carbocycles. The Morgan fingerprint density at radius 2 is 1.97 bits per heavy atom. The van der Waals surface area contributed by atoms with E-state index in [4.69, 9.17) is 21.1 Å². The molecule has 1 N–H and O–H groups in total. The molecule has 0 bridgehead atoms. The van der Waals surface area contributed by atoms with Crippen LogP contribution in [0.4, 0.5) is 0 Å². The van der Waals surface area contributed by atoms with Gasteiger partial charge in [0.25, 0.3) is 0 Å². The van der Waals surface area contributed by atoms with Crippen LogP contribution in [-0.2, 0) is 20.7 Å². The van der Waals surface area contributed by atoms with E-state index in [0.717, 1.165) is 16.2 Å². The molecule has 1 aromatic heterocycles. The highest BCUT2D eigenvalue weighted by molar-refractivity contribution is 7.14. The van der Waals surface area contributed by atoms with E-state index in [1.807, 2.05) is 19.1 Å². The Balaban J connectivity index is 1.65. The van der Waals surface area contributed by atoms with Crippen LogP contribution < -0.4 is 10.1 Å². The van der Waals surface area contributed by atoms with Crippen molar-refractivity contribution in [3.63, 3.8) is 0 Å². The minimum absolute atomic E-state index is 0.0848. The van der Waals surface area contributed by atoms with Crippen molar-refractivity contribution in [1.29, 1.82) is 0 Å². The fourth-order valence-electron chi connectivity index (χ4n) is 2.49. The molecule has 0 spiro atoms. The van der Waals surface area contributed by atoms with Crippen molar-refractivity contribution in [2.45, 2.75) is 33.1 Å². The molecular weight excluding hydrogens is 414 g/mol. The zero-order chi connectivity index (χ0) is 21.2. The quantitative estimate of drug-likeness (QED) is 0.326. The fraction of sp³-hybridized carbons (Fsp3) is 0.381. The summed E-state index contributed by atoms with van der Waals surface area (Å²) in [5.41, 5.74) is 0.929. The predicted octanol–water partition coefficient (Wildman–Crippen LogP) is 3.97. The van der Waals surface area contributed by atoms with E-state index < -0.39 is 5.97 Å². The number of carbonyl (C=O) groups excluding carboxylic acids is 3. The SMILES string of the molecule is CC(=O)NCCc1ccc(C(=O)COC(=O)CCCOc2ccc(Cl)cc2C)s1. The number of hydrogen-bond donors (Lipinski definition) is 1. The summed E-state index contributed by atoms with van der Waals surface area (Å²) < 4.78 is 10.7. The summed E-state index contributed by atoms with van der Waals surface area (Å²) in [6.45, 7) is 3.98. The van der Waals surface area contributed by atoms with Crippen LogP contribution >= 0.6 is 22.9 Å². The Morgan fingerprint density at radius 3 is 2.69 bits per heavy atom. The predicted molar refractivity (Wildman–Crippen MR) is 113 cm³/mol. The second kappa shape index (κ2) is 11.6. The molecule has 2 aromatic rings. The number of esters is 1. The Morgan fingerprint density at radius 1 is 1.17 bits per heavy atom. The number of thiophene rings is 1. The minimum atomic E-state index is -0.433. The first-order valence-corrected chi connectivity index (χ1v) is 10.5. The standard InChI is InChI=1S/C21H24ClNO5S/c1-14-12-16(22)5-7-19(14)27-11-3-4-21(26)28-13-18(25)20-8-6-17(29-20)9-10-23-15(2)24/h5-8,12H,3-4,9-11,13H2,1-2H3,(H,23,24). The molecule has 0 unspecified atom stereocenters. The highest BCUT2D eigenvalue weighted by Crippen LogP contribution is 2.22. The molecule has 0 saturated carbocycles. The average Bonchev–Trinajstić information content (AvgIpc) is 3.13. The number of hydrogen-bond acceptors (Lipinski definition) is 6. The number of Topliss-reactive ketones (excluding diaryl/α,β-unsaturated/α-hetero) is 1. The molecule has 0 aliphatic heterocycles. The van der Waals surface area contributed by atoms with Gasteiger partial charge in [0.15, 0.2) is 6.61 Å². The van der Waals surface area contributed by atoms with Gasteiger partial charge in [0.05, 0.1) is 11.5 Å². The maximum Gasteiger partial charge on any atom is 0.306 e. The van der Waals surface area contributed by atoms with Crippen molar-refractivity contribution in [1.82, 2.24) is 5.32 Å². The zero-order valence-corrected chi connectivity index (χ0v) is 18.0. The second-order valence-corrected chi connectivity index (χ2v) is 8.05. The van der Waals surface area contributed by atoms with Crippen LogP contribution in [0.15, 0.2) is 30.3 Å². The van der Waals surface area contributed by atoms with Crippen LogP contribution in [0.1, 0.15) is 39.9 Å². The first-order valence-electron chi connectivity index (χ1n) is 9.26. The van der Waals surface area contributed by atoms with Crippen molar-refractivity contribution >= 4 is 40.6 Å². The zero-order valence-electron chi connectivity index (χ0n) is 16.5. The highest BCUT2D eigenvalue weighted by Gasteiger charge is 2.13. The van der Waals surface area contributed by atoms with E-state index in [0.29, 0.717) is 35.9 Å². The number of aryl methyl sites for hydroxylation is 1. The molecule has 0 aliphatic carbocycles. The number of halogens is 1. The van der Waals surface area contributed by atoms with E-state index in [-0.39, 0.29) is 24.7 Å². The molecule has 0 atom stereocenters. The van der Waals surface area contributed by atoms with Crippen molar-refractivity contribution in [3.8, 4) is 5.75 Å². The Labute approximate surface area is 179 Å². The number of rotatable bonds is 11. The Bertz CT molecular complexity index is 865. The Kier molecular flexibility index (Phi) is 9.15. The van der Waals surface area contributed by atoms with Gasteiger partial charge in [0.2, 0.25) is 11.7 Å². The van der Waals surface area contributed by atoms with Crippen molar-refractivity contribution in [3.05, 3.63) is 50.7 Å². The number of carbonyl (C=O) groups is 3. The topological polar surface area (TPSA) is 81.7 Å². The maximum absolute atomic E-state index is 12.2. The molecule has 0 fully saturated rings. The van der Waals surface area contributed by atoms with Gasteiger partial charge < -0.3 is 14.8 Å². The summed E-state index contributed by atoms with van der Waals surface area (Å²) in [6, 6.07) is 8.91. The molecule has 1 heterocycles. The van der Waals surface area contributed by atoms with Gasteiger partial charge >= 0.3 is 5.97 Å². The lowest BCUT2D eigenvalue weighted by Gasteiger charge is -2.09. The van der Waals surface area contributed by atoms with Crippen LogP contribution in [-0.4, -0.2) is 37.4 Å². The third-order valence-electron chi connectivity index (χ3n) is 3.97. The summed E-state index contributed by atoms with van der Waals surface area (Å²) in [6.07, 6.45) is 1.32. The normalized spacial score (nSPS) is 10.4. The Hall–Kier alpha value is -2.38. The van der Waals surface area contributed by atoms with E-state index in [1.165, 1.54) is 18.3 Å². The van der Waals surface area contributed by atoms with Crippen molar-refractivity contribution in [2.24, 2.45) is 0 Å². The molecule has 1 amide bonds. The van der Waals surface area contributed by atoms with Gasteiger partial charge in [0.1, 0.15) is 5.75 Å². The smallest absolute Gasteiger partial charge is 0.306 e. The van der Waals surface area contributed by atoms with Crippen LogP contribution in [0.5, 0.6) is 5.75 Å². The fourth-order valence-corrected chi connectivity index (χ4v) is 3.64. The van der Waals surface area contributed by atoms with E-state index in [1.54, 1.807) is 18.2 Å². The minimum Gasteiger partial charge on any atom is -0.493 e. The average molecular weight is 438 g/mol. The van der Waals surface area contributed by atoms with Gasteiger partial charge in [-0.1, -0.05) is 11.6 Å². The third kappa shape index (κ3) is 8.25. The van der Waals surface area contributed by atoms with Crippen LogP contribution in [0.25, 0.3) is 0 Å². The van der Waals surface area contributed by atoms with E-state index in [9.17, 15) is 14.4 Å². The second-order valence-electron chi connectivity index (χ2n) is 6.44. The summed E-state index contributed by atoms with van der Waals surface area (Å²) in [5.74, 6) is -0.0252. The van der Waals surface area contributed by atoms with Gasteiger partial charge in [-0.05, 0) is 55.7 Å². The monoisotopic (exact) mass is 437 g/mol. The molecule has 29 heavy (non-hydrogen) atoms. The summed E-state index contributed by atoms with van der Waals surface area (Å²) in [7, 11) is 0. The van der Waals surface area contributed by atoms with Crippen LogP contribution in [0.2, 0.25) is 5.02 Å². The molecule has 0 aliphatic rings. The first-order chi connectivity index (χ1) is 13.8. The van der Waals surface area contributed by atoms with Gasteiger partial charge in [-0.25, -0.2) is 0 Å². The molecule has 156 valence electrons. The molecule has 2 rings (SSSR count). The van der Waals surface area contributed by atoms with E-state index in [2.05, 4.69) is 5.32 Å².